The Hall–Kier alpha value is -2.74. The molecule has 7 saturated carbocycles. The number of benzene rings is 3. The van der Waals surface area contributed by atoms with Gasteiger partial charge in [0.15, 0.2) is 11.5 Å². The summed E-state index contributed by atoms with van der Waals surface area (Å²) in [7, 11) is 1.88. The molecule has 2 nitrogen and oxygen atoms in total. The van der Waals surface area contributed by atoms with Gasteiger partial charge in [-0.3, -0.25) is 0 Å². The molecule has 0 aliphatic heterocycles. The van der Waals surface area contributed by atoms with Gasteiger partial charge in [0.2, 0.25) is 0 Å². The Morgan fingerprint density at radius 3 is 2.15 bits per heavy atom. The van der Waals surface area contributed by atoms with Gasteiger partial charge in [0, 0.05) is 5.56 Å². The van der Waals surface area contributed by atoms with E-state index in [4.69, 9.17) is 9.47 Å². The van der Waals surface area contributed by atoms with Crippen LogP contribution in [-0.4, -0.2) is 13.7 Å². The first-order valence-electron chi connectivity index (χ1n) is 22.1. The van der Waals surface area contributed by atoms with E-state index in [0.717, 1.165) is 60.0 Å². The molecule has 3 aromatic rings. The Balaban J connectivity index is 1.02. The van der Waals surface area contributed by atoms with Gasteiger partial charge in [-0.15, -0.1) is 0 Å². The van der Waals surface area contributed by atoms with Crippen molar-refractivity contribution in [1.82, 2.24) is 0 Å². The van der Waals surface area contributed by atoms with Gasteiger partial charge in [0.1, 0.15) is 0 Å². The number of hydrogen-bond acceptors (Lipinski definition) is 2. The van der Waals surface area contributed by atoms with E-state index in [0.29, 0.717) is 29.1 Å². The smallest absolute Gasteiger partial charge is 0.164 e. The van der Waals surface area contributed by atoms with Crippen molar-refractivity contribution in [3.8, 4) is 11.5 Å². The second-order valence-electron chi connectivity index (χ2n) is 19.7. The van der Waals surface area contributed by atoms with E-state index in [1.54, 1.807) is 27.8 Å². The fourth-order valence-electron chi connectivity index (χ4n) is 14.7. The zero-order valence-corrected chi connectivity index (χ0v) is 32.1. The molecular formula is C50H64O2. The third-order valence-electron chi connectivity index (χ3n) is 16.4. The van der Waals surface area contributed by atoms with Crippen molar-refractivity contribution in [2.24, 2.45) is 40.9 Å². The second-order valence-corrected chi connectivity index (χ2v) is 19.7. The summed E-state index contributed by atoms with van der Waals surface area (Å²) in [6.07, 6.45) is 26.6. The minimum absolute atomic E-state index is 0.558. The monoisotopic (exact) mass is 696 g/mol. The van der Waals surface area contributed by atoms with Gasteiger partial charge in [-0.05, 0) is 196 Å². The molecule has 2 heteroatoms. The minimum atomic E-state index is 0.558. The van der Waals surface area contributed by atoms with Crippen molar-refractivity contribution >= 4 is 0 Å². The van der Waals surface area contributed by atoms with Gasteiger partial charge in [0.25, 0.3) is 0 Å². The van der Waals surface area contributed by atoms with Gasteiger partial charge < -0.3 is 9.47 Å². The lowest BCUT2D eigenvalue weighted by molar-refractivity contribution is -0.0617. The summed E-state index contributed by atoms with van der Waals surface area (Å²) in [6, 6.07) is 25.8. The summed E-state index contributed by atoms with van der Waals surface area (Å²) >= 11 is 0. The molecule has 6 bridgehead atoms. The standard InChI is InChI=1S/C50H64O2/c1-51-48-19-18-44(47(49(48)52-32-33-10-4-2-5-11-33)27-41-25-40-26-46(41)45-15-9-8-14-43(40)45)42(24-34-16-17-39(23-34)38-12-6-3-7-13-38)31-50-28-35-20-36(29-50)22-37(21-35)30-50/h3,6-9,12-15,18-19,33-37,39-42,46H,2,4-5,10-11,16-17,20-32H2,1H3. The fourth-order valence-corrected chi connectivity index (χ4v) is 14.7. The third-order valence-corrected chi connectivity index (χ3v) is 16.4. The molecular weight excluding hydrogens is 633 g/mol. The number of rotatable bonds is 12. The first-order valence-corrected chi connectivity index (χ1v) is 22.1. The quantitative estimate of drug-likeness (QED) is 0.188. The highest BCUT2D eigenvalue weighted by molar-refractivity contribution is 5.53. The van der Waals surface area contributed by atoms with Crippen LogP contribution in [0.15, 0.2) is 66.7 Å². The highest BCUT2D eigenvalue weighted by atomic mass is 16.5. The zero-order valence-electron chi connectivity index (χ0n) is 32.1. The lowest BCUT2D eigenvalue weighted by atomic mass is 9.47. The van der Waals surface area contributed by atoms with Crippen LogP contribution in [0.1, 0.15) is 167 Å². The summed E-state index contributed by atoms with van der Waals surface area (Å²) in [4.78, 5) is 0. The highest BCUT2D eigenvalue weighted by Gasteiger charge is 2.52. The Bertz CT molecular complexity index is 1670. The lowest BCUT2D eigenvalue weighted by Crippen LogP contribution is -2.46. The molecule has 7 fully saturated rings. The minimum Gasteiger partial charge on any atom is -0.493 e. The third kappa shape index (κ3) is 6.45. The molecule has 0 saturated heterocycles. The van der Waals surface area contributed by atoms with Crippen LogP contribution in [0.5, 0.6) is 11.5 Å². The molecule has 8 aliphatic rings. The number of ether oxygens (including phenoxy) is 2. The van der Waals surface area contributed by atoms with E-state index in [1.165, 1.54) is 116 Å². The maximum Gasteiger partial charge on any atom is 0.164 e. The Morgan fingerprint density at radius 2 is 1.40 bits per heavy atom. The van der Waals surface area contributed by atoms with Crippen LogP contribution in [-0.2, 0) is 6.42 Å². The van der Waals surface area contributed by atoms with Crippen LogP contribution in [0.3, 0.4) is 0 Å². The molecule has 276 valence electrons. The fraction of sp³-hybridized carbons (Fsp3) is 0.640. The topological polar surface area (TPSA) is 18.5 Å². The van der Waals surface area contributed by atoms with Crippen molar-refractivity contribution in [2.45, 2.75) is 146 Å². The van der Waals surface area contributed by atoms with Crippen LogP contribution >= 0.6 is 0 Å². The van der Waals surface area contributed by atoms with Crippen LogP contribution in [0.4, 0.5) is 0 Å². The summed E-state index contributed by atoms with van der Waals surface area (Å²) in [5.74, 6) is 10.1. The number of hydrogen-bond donors (Lipinski definition) is 0. The number of methoxy groups -OCH3 is 1. The van der Waals surface area contributed by atoms with Crippen LogP contribution in [0, 0.1) is 40.9 Å². The average molecular weight is 697 g/mol. The van der Waals surface area contributed by atoms with E-state index >= 15 is 0 Å². The molecule has 8 aliphatic carbocycles. The van der Waals surface area contributed by atoms with Crippen molar-refractivity contribution in [3.05, 3.63) is 94.5 Å². The molecule has 0 amide bonds. The molecule has 11 rings (SSSR count). The van der Waals surface area contributed by atoms with Gasteiger partial charge in [-0.25, -0.2) is 0 Å². The Labute approximate surface area is 314 Å². The SMILES string of the molecule is COc1ccc(C(CC2CCC(c3ccccc3)C2)CC23CC4CC(CC(C4)C2)C3)c(CC2CC3CC2c2ccccc23)c1OCC1CCCCC1. The highest BCUT2D eigenvalue weighted by Crippen LogP contribution is 2.64. The summed E-state index contributed by atoms with van der Waals surface area (Å²) < 4.78 is 13.4. The second kappa shape index (κ2) is 14.2. The van der Waals surface area contributed by atoms with Gasteiger partial charge >= 0.3 is 0 Å². The maximum absolute atomic E-state index is 7.16. The first kappa shape index (κ1) is 33.8. The van der Waals surface area contributed by atoms with E-state index in [9.17, 15) is 0 Å². The molecule has 6 unspecified atom stereocenters. The summed E-state index contributed by atoms with van der Waals surface area (Å²) in [5, 5.41) is 0. The molecule has 0 heterocycles. The molecule has 0 aromatic heterocycles. The first-order chi connectivity index (χ1) is 25.6. The average Bonchev–Trinajstić information content (AvgIpc) is 3.90. The van der Waals surface area contributed by atoms with E-state index in [-0.39, 0.29) is 0 Å². The Morgan fingerprint density at radius 1 is 0.673 bits per heavy atom. The van der Waals surface area contributed by atoms with E-state index in [1.807, 2.05) is 7.11 Å². The van der Waals surface area contributed by atoms with Crippen molar-refractivity contribution in [3.63, 3.8) is 0 Å². The molecule has 0 spiro atoms. The van der Waals surface area contributed by atoms with Crippen molar-refractivity contribution < 1.29 is 9.47 Å². The van der Waals surface area contributed by atoms with Crippen LogP contribution < -0.4 is 9.47 Å². The molecule has 6 atom stereocenters. The van der Waals surface area contributed by atoms with Crippen LogP contribution in [0.2, 0.25) is 0 Å². The van der Waals surface area contributed by atoms with Crippen molar-refractivity contribution in [1.29, 1.82) is 0 Å². The van der Waals surface area contributed by atoms with Gasteiger partial charge in [-0.1, -0.05) is 79.9 Å². The van der Waals surface area contributed by atoms with Crippen molar-refractivity contribution in [2.75, 3.05) is 13.7 Å². The molecule has 0 radical (unpaired) electrons. The summed E-state index contributed by atoms with van der Waals surface area (Å²) in [6.45, 7) is 0.855. The molecule has 3 aromatic carbocycles. The predicted molar refractivity (Wildman–Crippen MR) is 213 cm³/mol. The van der Waals surface area contributed by atoms with Gasteiger partial charge in [-0.2, -0.15) is 0 Å². The predicted octanol–water partition coefficient (Wildman–Crippen LogP) is 13.2. The number of fused-ring (bicyclic) bond motifs is 5. The van der Waals surface area contributed by atoms with E-state index in [2.05, 4.69) is 66.7 Å². The van der Waals surface area contributed by atoms with Gasteiger partial charge in [0.05, 0.1) is 13.7 Å². The maximum atomic E-state index is 7.16. The van der Waals surface area contributed by atoms with E-state index < -0.39 is 0 Å². The molecule has 0 N–H and O–H groups in total. The lowest BCUT2D eigenvalue weighted by Gasteiger charge is -2.58. The zero-order chi connectivity index (χ0) is 34.6. The normalized spacial score (nSPS) is 35.2. The van der Waals surface area contributed by atoms with Crippen LogP contribution in [0.25, 0.3) is 0 Å². The Kier molecular flexibility index (Phi) is 9.20. The summed E-state index contributed by atoms with van der Waals surface area (Å²) in [5.41, 5.74) is 8.65. The molecule has 52 heavy (non-hydrogen) atoms. The largest absolute Gasteiger partial charge is 0.493 e.